The summed E-state index contributed by atoms with van der Waals surface area (Å²) < 4.78 is 1.27. The highest BCUT2D eigenvalue weighted by atomic mass is 16.2. The molecule has 1 aliphatic carbocycles. The summed E-state index contributed by atoms with van der Waals surface area (Å²) in [4.78, 5) is 24.2. The number of nitrogens with one attached hydrogen (secondary N) is 1. The Morgan fingerprint density at radius 1 is 1.24 bits per heavy atom. The number of carbonyl (C=O) groups is 1. The van der Waals surface area contributed by atoms with E-state index in [1.54, 1.807) is 25.1 Å². The molecule has 0 aliphatic heterocycles. The van der Waals surface area contributed by atoms with Crippen molar-refractivity contribution in [1.29, 1.82) is 0 Å². The van der Waals surface area contributed by atoms with Crippen LogP contribution >= 0.6 is 0 Å². The molecule has 1 saturated carbocycles. The van der Waals surface area contributed by atoms with E-state index in [1.165, 1.54) is 10.7 Å². The van der Waals surface area contributed by atoms with Crippen LogP contribution in [-0.2, 0) is 4.79 Å². The van der Waals surface area contributed by atoms with Crippen molar-refractivity contribution in [3.05, 3.63) is 58.5 Å². The van der Waals surface area contributed by atoms with Crippen LogP contribution in [0.5, 0.6) is 0 Å². The van der Waals surface area contributed by atoms with Gasteiger partial charge in [-0.1, -0.05) is 18.2 Å². The zero-order valence-electron chi connectivity index (χ0n) is 11.8. The molecule has 1 heterocycles. The predicted molar refractivity (Wildman–Crippen MR) is 80.3 cm³/mol. The molecule has 0 saturated heterocycles. The van der Waals surface area contributed by atoms with Gasteiger partial charge in [-0.25, -0.2) is 4.68 Å². The van der Waals surface area contributed by atoms with Gasteiger partial charge in [0.15, 0.2) is 0 Å². The second-order valence-corrected chi connectivity index (χ2v) is 5.35. The number of para-hydroxylation sites is 1. The van der Waals surface area contributed by atoms with Crippen molar-refractivity contribution in [2.24, 2.45) is 0 Å². The summed E-state index contributed by atoms with van der Waals surface area (Å²) in [6, 6.07) is 11.8. The third kappa shape index (κ3) is 3.02. The first-order valence-electron chi connectivity index (χ1n) is 7.11. The van der Waals surface area contributed by atoms with Crippen LogP contribution in [0.2, 0.25) is 0 Å². The van der Waals surface area contributed by atoms with Crippen molar-refractivity contribution in [3.8, 4) is 0 Å². The van der Waals surface area contributed by atoms with Gasteiger partial charge in [0.1, 0.15) is 6.04 Å². The van der Waals surface area contributed by atoms with Crippen molar-refractivity contribution in [2.75, 3.05) is 5.32 Å². The molecule has 1 fully saturated rings. The Morgan fingerprint density at radius 2 is 1.95 bits per heavy atom. The summed E-state index contributed by atoms with van der Waals surface area (Å²) in [5, 5.41) is 7.13. The van der Waals surface area contributed by atoms with E-state index in [1.807, 2.05) is 18.2 Å². The lowest BCUT2D eigenvalue weighted by Crippen LogP contribution is -2.33. The van der Waals surface area contributed by atoms with Crippen molar-refractivity contribution in [3.63, 3.8) is 0 Å². The Labute approximate surface area is 122 Å². The van der Waals surface area contributed by atoms with Crippen molar-refractivity contribution in [2.45, 2.75) is 31.7 Å². The van der Waals surface area contributed by atoms with Gasteiger partial charge in [0, 0.05) is 17.7 Å². The van der Waals surface area contributed by atoms with Gasteiger partial charge in [0.25, 0.3) is 5.56 Å². The summed E-state index contributed by atoms with van der Waals surface area (Å²) in [6.45, 7) is 1.68. The summed E-state index contributed by atoms with van der Waals surface area (Å²) in [6.07, 6.45) is 2.21. The number of nitrogens with zero attached hydrogens (tertiary/aromatic N) is 2. The van der Waals surface area contributed by atoms with E-state index in [4.69, 9.17) is 0 Å². The minimum Gasteiger partial charge on any atom is -0.324 e. The van der Waals surface area contributed by atoms with E-state index in [0.717, 1.165) is 18.5 Å². The number of amides is 1. The minimum atomic E-state index is -0.642. The van der Waals surface area contributed by atoms with Crippen LogP contribution in [0.25, 0.3) is 0 Å². The molecule has 0 spiro atoms. The zero-order valence-corrected chi connectivity index (χ0v) is 11.8. The normalized spacial score (nSPS) is 15.5. The van der Waals surface area contributed by atoms with Crippen LogP contribution in [0.15, 0.2) is 47.3 Å². The van der Waals surface area contributed by atoms with Crippen LogP contribution in [0.4, 0.5) is 5.69 Å². The lowest BCUT2D eigenvalue weighted by Gasteiger charge is -2.14. The number of carbonyl (C=O) groups excluding carboxylic acids is 1. The molecule has 1 atom stereocenters. The lowest BCUT2D eigenvalue weighted by atomic mass is 10.2. The second-order valence-electron chi connectivity index (χ2n) is 5.35. The Balaban J connectivity index is 1.81. The number of benzene rings is 1. The van der Waals surface area contributed by atoms with Gasteiger partial charge >= 0.3 is 0 Å². The first-order chi connectivity index (χ1) is 10.1. The maximum absolute atomic E-state index is 12.3. The molecule has 2 aromatic rings. The topological polar surface area (TPSA) is 64.0 Å². The van der Waals surface area contributed by atoms with Gasteiger partial charge in [-0.2, -0.15) is 5.10 Å². The van der Waals surface area contributed by atoms with Gasteiger partial charge in [-0.3, -0.25) is 9.59 Å². The van der Waals surface area contributed by atoms with Gasteiger partial charge < -0.3 is 5.32 Å². The average molecular weight is 283 g/mol. The fourth-order valence-corrected chi connectivity index (χ4v) is 2.19. The van der Waals surface area contributed by atoms with Gasteiger partial charge in [0.2, 0.25) is 5.91 Å². The smallest absolute Gasteiger partial charge is 0.267 e. The fraction of sp³-hybridized carbons (Fsp3) is 0.312. The Morgan fingerprint density at radius 3 is 2.62 bits per heavy atom. The minimum absolute atomic E-state index is 0.247. The lowest BCUT2D eigenvalue weighted by molar-refractivity contribution is -0.119. The Kier molecular flexibility index (Phi) is 3.56. The van der Waals surface area contributed by atoms with Crippen molar-refractivity contribution < 1.29 is 4.79 Å². The molecule has 1 aliphatic rings. The summed E-state index contributed by atoms with van der Waals surface area (Å²) in [5.41, 5.74) is 1.35. The molecule has 1 amide bonds. The molecular weight excluding hydrogens is 266 g/mol. The van der Waals surface area contributed by atoms with Gasteiger partial charge in [-0.15, -0.1) is 0 Å². The second kappa shape index (κ2) is 5.52. The van der Waals surface area contributed by atoms with Crippen molar-refractivity contribution in [1.82, 2.24) is 9.78 Å². The highest BCUT2D eigenvalue weighted by Gasteiger charge is 2.27. The molecule has 108 valence electrons. The van der Waals surface area contributed by atoms with E-state index < -0.39 is 6.04 Å². The molecule has 5 heteroatoms. The van der Waals surface area contributed by atoms with Crippen LogP contribution < -0.4 is 10.9 Å². The first kappa shape index (κ1) is 13.5. The molecule has 1 unspecified atom stereocenters. The molecule has 0 bridgehead atoms. The molecular formula is C16H17N3O2. The van der Waals surface area contributed by atoms with Crippen molar-refractivity contribution >= 4 is 11.6 Å². The number of aromatic nitrogens is 2. The van der Waals surface area contributed by atoms with Crippen LogP contribution in [0, 0.1) is 0 Å². The number of hydrogen-bond donors (Lipinski definition) is 1. The largest absolute Gasteiger partial charge is 0.324 e. The van der Waals surface area contributed by atoms with E-state index >= 15 is 0 Å². The summed E-state index contributed by atoms with van der Waals surface area (Å²) >= 11 is 0. The third-order valence-electron chi connectivity index (χ3n) is 3.63. The molecule has 21 heavy (non-hydrogen) atoms. The van der Waals surface area contributed by atoms with Gasteiger partial charge in [-0.05, 0) is 38.0 Å². The quantitative estimate of drug-likeness (QED) is 0.936. The SMILES string of the molecule is CC(C(=O)Nc1ccccc1)n1nc(C2CC2)ccc1=O. The van der Waals surface area contributed by atoms with Gasteiger partial charge in [0.05, 0.1) is 5.69 Å². The molecule has 0 radical (unpaired) electrons. The van der Waals surface area contributed by atoms with E-state index in [0.29, 0.717) is 11.6 Å². The standard InChI is InChI=1S/C16H17N3O2/c1-11(16(21)17-13-5-3-2-4-6-13)19-15(20)10-9-14(18-19)12-7-8-12/h2-6,9-12H,7-8H2,1H3,(H,17,21). The highest BCUT2D eigenvalue weighted by Crippen LogP contribution is 2.38. The van der Waals surface area contributed by atoms with E-state index in [2.05, 4.69) is 10.4 Å². The highest BCUT2D eigenvalue weighted by molar-refractivity contribution is 5.93. The zero-order chi connectivity index (χ0) is 14.8. The van der Waals surface area contributed by atoms with E-state index in [-0.39, 0.29) is 11.5 Å². The molecule has 1 aromatic heterocycles. The van der Waals surface area contributed by atoms with Crippen LogP contribution in [0.3, 0.4) is 0 Å². The average Bonchev–Trinajstić information content (AvgIpc) is 3.33. The maximum atomic E-state index is 12.3. The Hall–Kier alpha value is -2.43. The predicted octanol–water partition coefficient (Wildman–Crippen LogP) is 2.32. The molecule has 3 rings (SSSR count). The van der Waals surface area contributed by atoms with E-state index in [9.17, 15) is 9.59 Å². The maximum Gasteiger partial charge on any atom is 0.267 e. The molecule has 1 aromatic carbocycles. The summed E-state index contributed by atoms with van der Waals surface area (Å²) in [7, 11) is 0. The number of rotatable bonds is 4. The van der Waals surface area contributed by atoms with Crippen LogP contribution in [-0.4, -0.2) is 15.7 Å². The molecule has 5 nitrogen and oxygen atoms in total. The number of anilines is 1. The first-order valence-corrected chi connectivity index (χ1v) is 7.11. The molecule has 1 N–H and O–H groups in total. The summed E-state index contributed by atoms with van der Waals surface area (Å²) in [5.74, 6) is 0.199. The number of hydrogen-bond acceptors (Lipinski definition) is 3. The fourth-order valence-electron chi connectivity index (χ4n) is 2.19. The monoisotopic (exact) mass is 283 g/mol. The third-order valence-corrected chi connectivity index (χ3v) is 3.63. The Bertz CT molecular complexity index is 705. The van der Waals surface area contributed by atoms with Crippen LogP contribution in [0.1, 0.15) is 37.4 Å².